The minimum absolute atomic E-state index is 0.0851. The molecule has 0 fully saturated rings. The van der Waals surface area contributed by atoms with Crippen molar-refractivity contribution in [1.82, 2.24) is 15.5 Å². The molecule has 1 heterocycles. The van der Waals surface area contributed by atoms with Gasteiger partial charge in [0, 0.05) is 6.54 Å². The Bertz CT molecular complexity index is 785. The Hall–Kier alpha value is -3.02. The summed E-state index contributed by atoms with van der Waals surface area (Å²) in [6.45, 7) is 0.259. The van der Waals surface area contributed by atoms with Crippen molar-refractivity contribution < 1.29 is 13.6 Å². The van der Waals surface area contributed by atoms with Gasteiger partial charge in [0.1, 0.15) is 5.82 Å². The van der Waals surface area contributed by atoms with Crippen LogP contribution in [0.2, 0.25) is 0 Å². The number of halogens is 1. The van der Waals surface area contributed by atoms with Gasteiger partial charge < -0.3 is 9.73 Å². The van der Waals surface area contributed by atoms with E-state index in [4.69, 9.17) is 4.42 Å². The van der Waals surface area contributed by atoms with Gasteiger partial charge in [0.2, 0.25) is 5.89 Å². The van der Waals surface area contributed by atoms with Crippen LogP contribution in [-0.2, 0) is 13.0 Å². The van der Waals surface area contributed by atoms with Crippen LogP contribution >= 0.6 is 0 Å². The Balaban J connectivity index is 1.59. The van der Waals surface area contributed by atoms with E-state index in [0.717, 1.165) is 11.1 Å². The van der Waals surface area contributed by atoms with Crippen LogP contribution in [-0.4, -0.2) is 16.1 Å². The second kappa shape index (κ2) is 6.83. The van der Waals surface area contributed by atoms with E-state index in [1.165, 1.54) is 12.1 Å². The van der Waals surface area contributed by atoms with Gasteiger partial charge in [-0.15, -0.1) is 10.2 Å². The average Bonchev–Trinajstić information content (AvgIpc) is 3.03. The molecule has 1 N–H and O–H groups in total. The summed E-state index contributed by atoms with van der Waals surface area (Å²) in [4.78, 5) is 12.0. The largest absolute Gasteiger partial charge is 0.417 e. The van der Waals surface area contributed by atoms with Gasteiger partial charge in [-0.05, 0) is 23.3 Å². The molecule has 2 aromatic carbocycles. The third-order valence-corrected chi connectivity index (χ3v) is 3.23. The molecular weight excluding hydrogens is 297 g/mol. The second-order valence-electron chi connectivity index (χ2n) is 4.97. The van der Waals surface area contributed by atoms with Gasteiger partial charge in [0.05, 0.1) is 6.42 Å². The number of amides is 1. The third-order valence-electron chi connectivity index (χ3n) is 3.23. The maximum atomic E-state index is 12.8. The fourth-order valence-electron chi connectivity index (χ4n) is 2.05. The van der Waals surface area contributed by atoms with Crippen molar-refractivity contribution in [2.24, 2.45) is 0 Å². The minimum atomic E-state index is -0.457. The second-order valence-corrected chi connectivity index (χ2v) is 4.97. The first-order valence-electron chi connectivity index (χ1n) is 7.09. The first-order chi connectivity index (χ1) is 11.2. The van der Waals surface area contributed by atoms with Crippen molar-refractivity contribution in [1.29, 1.82) is 0 Å². The summed E-state index contributed by atoms with van der Waals surface area (Å²) in [6.07, 6.45) is 0.471. The number of carbonyl (C=O) groups is 1. The summed E-state index contributed by atoms with van der Waals surface area (Å²) in [5.74, 6) is -0.482. The highest BCUT2D eigenvalue weighted by Crippen LogP contribution is 2.08. The zero-order valence-electron chi connectivity index (χ0n) is 12.2. The molecule has 3 aromatic rings. The monoisotopic (exact) mass is 311 g/mol. The lowest BCUT2D eigenvalue weighted by molar-refractivity contribution is 0.0914. The van der Waals surface area contributed by atoms with E-state index >= 15 is 0 Å². The molecule has 0 bridgehead atoms. The van der Waals surface area contributed by atoms with E-state index < -0.39 is 5.91 Å². The topological polar surface area (TPSA) is 68.0 Å². The van der Waals surface area contributed by atoms with Crippen LogP contribution < -0.4 is 5.32 Å². The lowest BCUT2D eigenvalue weighted by Gasteiger charge is -2.02. The van der Waals surface area contributed by atoms with Crippen molar-refractivity contribution >= 4 is 5.91 Å². The molecule has 3 rings (SSSR count). The van der Waals surface area contributed by atoms with Gasteiger partial charge in [-0.1, -0.05) is 42.5 Å². The Morgan fingerprint density at radius 1 is 1.00 bits per heavy atom. The average molecular weight is 311 g/mol. The van der Waals surface area contributed by atoms with E-state index in [2.05, 4.69) is 15.5 Å². The molecule has 0 saturated heterocycles. The highest BCUT2D eigenvalue weighted by atomic mass is 19.1. The molecule has 116 valence electrons. The first kappa shape index (κ1) is 14.9. The molecule has 0 radical (unpaired) electrons. The predicted octanol–water partition coefficient (Wildman–Crippen LogP) is 2.73. The van der Waals surface area contributed by atoms with Gasteiger partial charge in [0.15, 0.2) is 0 Å². The Kier molecular flexibility index (Phi) is 4.42. The van der Waals surface area contributed by atoms with Crippen LogP contribution in [0, 0.1) is 5.82 Å². The molecular formula is C17H14FN3O2. The molecule has 1 aromatic heterocycles. The smallest absolute Gasteiger partial charge is 0.309 e. The molecule has 0 aliphatic rings. The van der Waals surface area contributed by atoms with Crippen LogP contribution in [0.25, 0.3) is 0 Å². The molecule has 0 aliphatic heterocycles. The zero-order chi connectivity index (χ0) is 16.1. The Morgan fingerprint density at radius 3 is 2.48 bits per heavy atom. The number of rotatable bonds is 5. The van der Waals surface area contributed by atoms with E-state index in [9.17, 15) is 9.18 Å². The van der Waals surface area contributed by atoms with Crippen molar-refractivity contribution in [2.75, 3.05) is 0 Å². The van der Waals surface area contributed by atoms with Crippen LogP contribution in [0.4, 0.5) is 4.39 Å². The summed E-state index contributed by atoms with van der Waals surface area (Å²) in [5.41, 5.74) is 1.80. The summed E-state index contributed by atoms with van der Waals surface area (Å²) >= 11 is 0. The highest BCUT2D eigenvalue weighted by molar-refractivity contribution is 5.89. The van der Waals surface area contributed by atoms with E-state index in [1.54, 1.807) is 12.1 Å². The number of hydrogen-bond donors (Lipinski definition) is 1. The minimum Gasteiger partial charge on any atom is -0.417 e. The van der Waals surface area contributed by atoms with Crippen LogP contribution in [0.1, 0.15) is 27.7 Å². The fraction of sp³-hybridized carbons (Fsp3) is 0.118. The molecule has 0 aliphatic carbocycles. The van der Waals surface area contributed by atoms with E-state index in [-0.39, 0.29) is 18.3 Å². The van der Waals surface area contributed by atoms with Crippen molar-refractivity contribution in [3.8, 4) is 0 Å². The van der Waals surface area contributed by atoms with E-state index in [0.29, 0.717) is 12.3 Å². The Labute approximate surface area is 132 Å². The molecule has 0 saturated carbocycles. The summed E-state index contributed by atoms with van der Waals surface area (Å²) < 4.78 is 18.2. The lowest BCUT2D eigenvalue weighted by Crippen LogP contribution is -2.23. The fourth-order valence-corrected chi connectivity index (χ4v) is 2.05. The lowest BCUT2D eigenvalue weighted by atomic mass is 10.2. The summed E-state index contributed by atoms with van der Waals surface area (Å²) in [5, 5.41) is 10.3. The predicted molar refractivity (Wildman–Crippen MR) is 81.1 cm³/mol. The molecule has 6 heteroatoms. The van der Waals surface area contributed by atoms with Gasteiger partial charge >= 0.3 is 11.8 Å². The number of nitrogens with one attached hydrogen (secondary N) is 1. The van der Waals surface area contributed by atoms with Crippen LogP contribution in [0.3, 0.4) is 0 Å². The highest BCUT2D eigenvalue weighted by Gasteiger charge is 2.14. The normalized spacial score (nSPS) is 10.5. The molecule has 23 heavy (non-hydrogen) atoms. The quantitative estimate of drug-likeness (QED) is 0.786. The Morgan fingerprint density at radius 2 is 1.74 bits per heavy atom. The number of aromatic nitrogens is 2. The first-order valence-corrected chi connectivity index (χ1v) is 7.09. The third kappa shape index (κ3) is 4.00. The van der Waals surface area contributed by atoms with Crippen molar-refractivity contribution in [3.05, 3.63) is 83.3 Å². The molecule has 0 unspecified atom stereocenters. The van der Waals surface area contributed by atoms with Crippen molar-refractivity contribution in [2.45, 2.75) is 13.0 Å². The van der Waals surface area contributed by atoms with Crippen molar-refractivity contribution in [3.63, 3.8) is 0 Å². The van der Waals surface area contributed by atoms with Gasteiger partial charge in [0.25, 0.3) is 0 Å². The van der Waals surface area contributed by atoms with Crippen LogP contribution in [0.15, 0.2) is 59.0 Å². The SMILES string of the molecule is O=C(NCc1ccc(F)cc1)c1nnc(Cc2ccccc2)o1. The molecule has 0 atom stereocenters. The number of benzene rings is 2. The molecule has 5 nitrogen and oxygen atoms in total. The maximum Gasteiger partial charge on any atom is 0.309 e. The van der Waals surface area contributed by atoms with Gasteiger partial charge in [-0.25, -0.2) is 4.39 Å². The standard InChI is InChI=1S/C17H14FN3O2/c18-14-8-6-13(7-9-14)11-19-16(22)17-21-20-15(23-17)10-12-4-2-1-3-5-12/h1-9H,10-11H2,(H,19,22). The number of nitrogens with zero attached hydrogens (tertiary/aromatic N) is 2. The summed E-state index contributed by atoms with van der Waals surface area (Å²) in [6, 6.07) is 15.5. The molecule has 1 amide bonds. The van der Waals surface area contributed by atoms with E-state index in [1.807, 2.05) is 30.3 Å². The van der Waals surface area contributed by atoms with Crippen LogP contribution in [0.5, 0.6) is 0 Å². The zero-order valence-corrected chi connectivity index (χ0v) is 12.2. The maximum absolute atomic E-state index is 12.8. The van der Waals surface area contributed by atoms with Gasteiger partial charge in [-0.3, -0.25) is 4.79 Å². The van der Waals surface area contributed by atoms with Gasteiger partial charge in [-0.2, -0.15) is 0 Å². The number of hydrogen-bond acceptors (Lipinski definition) is 4. The number of carbonyl (C=O) groups excluding carboxylic acids is 1. The molecule has 0 spiro atoms. The summed E-state index contributed by atoms with van der Waals surface area (Å²) in [7, 11) is 0.